The minimum Gasteiger partial charge on any atom is -0.473 e. The third kappa shape index (κ3) is 5.12. The van der Waals surface area contributed by atoms with Crippen LogP contribution in [0.1, 0.15) is 25.7 Å². The summed E-state index contributed by atoms with van der Waals surface area (Å²) < 4.78 is 22.3. The first kappa shape index (κ1) is 19.0. The third-order valence-electron chi connectivity index (χ3n) is 4.96. The number of amides is 1. The number of hydrogen-bond acceptors (Lipinski definition) is 7. The molecule has 0 aromatic carbocycles. The van der Waals surface area contributed by atoms with Crippen molar-refractivity contribution in [3.05, 3.63) is 18.6 Å². The number of piperidine rings is 1. The minimum atomic E-state index is -0.210. The average molecular weight is 365 g/mol. The second-order valence-electron chi connectivity index (χ2n) is 6.73. The lowest BCUT2D eigenvalue weighted by Gasteiger charge is -2.45. The maximum Gasteiger partial charge on any atom is 0.248 e. The number of likely N-dealkylation sites (tertiary alicyclic amines) is 1. The summed E-state index contributed by atoms with van der Waals surface area (Å²) in [6.45, 7) is 3.07. The predicted molar refractivity (Wildman–Crippen MR) is 92.9 cm³/mol. The maximum atomic E-state index is 12.2. The highest BCUT2D eigenvalue weighted by atomic mass is 16.5. The SMILES string of the molecule is COCCOCC(=O)N1CCC2(CC1)CC(Oc1cnccn1)CCO2. The summed E-state index contributed by atoms with van der Waals surface area (Å²) in [5.74, 6) is 0.578. The van der Waals surface area contributed by atoms with Crippen LogP contribution in [0.25, 0.3) is 0 Å². The highest BCUT2D eigenvalue weighted by Crippen LogP contribution is 2.36. The number of ether oxygens (including phenoxy) is 4. The van der Waals surface area contributed by atoms with Crippen LogP contribution in [0, 0.1) is 0 Å². The fourth-order valence-electron chi connectivity index (χ4n) is 3.51. The molecule has 8 heteroatoms. The van der Waals surface area contributed by atoms with E-state index in [4.69, 9.17) is 18.9 Å². The Morgan fingerprint density at radius 1 is 1.35 bits per heavy atom. The highest BCUT2D eigenvalue weighted by molar-refractivity contribution is 5.77. The Kier molecular flexibility index (Phi) is 6.76. The predicted octanol–water partition coefficient (Wildman–Crippen LogP) is 1.06. The largest absolute Gasteiger partial charge is 0.473 e. The number of methoxy groups -OCH3 is 1. The van der Waals surface area contributed by atoms with Crippen molar-refractivity contribution in [2.24, 2.45) is 0 Å². The van der Waals surface area contributed by atoms with Gasteiger partial charge >= 0.3 is 0 Å². The van der Waals surface area contributed by atoms with E-state index in [2.05, 4.69) is 9.97 Å². The molecular weight excluding hydrogens is 338 g/mol. The van der Waals surface area contributed by atoms with Gasteiger partial charge < -0.3 is 23.8 Å². The normalized spacial score (nSPS) is 22.3. The van der Waals surface area contributed by atoms with Gasteiger partial charge in [-0.15, -0.1) is 0 Å². The Hall–Kier alpha value is -1.77. The molecule has 2 fully saturated rings. The molecule has 0 radical (unpaired) electrons. The Bertz CT molecular complexity index is 563. The Balaban J connectivity index is 1.46. The van der Waals surface area contributed by atoms with Crippen LogP contribution in [0.4, 0.5) is 0 Å². The lowest BCUT2D eigenvalue weighted by atomic mass is 9.83. The number of nitrogens with zero attached hydrogens (tertiary/aromatic N) is 3. The van der Waals surface area contributed by atoms with Crippen molar-refractivity contribution in [2.45, 2.75) is 37.4 Å². The third-order valence-corrected chi connectivity index (χ3v) is 4.96. The molecule has 3 rings (SSSR count). The number of hydrogen-bond donors (Lipinski definition) is 0. The van der Waals surface area contributed by atoms with Crippen molar-refractivity contribution in [1.29, 1.82) is 0 Å². The zero-order valence-electron chi connectivity index (χ0n) is 15.3. The monoisotopic (exact) mass is 365 g/mol. The van der Waals surface area contributed by atoms with Gasteiger partial charge in [-0.05, 0) is 12.8 Å². The molecule has 8 nitrogen and oxygen atoms in total. The van der Waals surface area contributed by atoms with Gasteiger partial charge in [0.1, 0.15) is 12.7 Å². The Morgan fingerprint density at radius 3 is 2.92 bits per heavy atom. The summed E-state index contributed by atoms with van der Waals surface area (Å²) >= 11 is 0. The van der Waals surface area contributed by atoms with Crippen LogP contribution in [-0.4, -0.2) is 79.1 Å². The standard InChI is InChI=1S/C18H27N3O5/c1-23-10-11-24-14-17(22)21-7-3-18(4-8-21)12-15(2-9-25-18)26-16-13-19-5-6-20-16/h5-6,13,15H,2-4,7-12,14H2,1H3. The van der Waals surface area contributed by atoms with Crippen molar-refractivity contribution in [3.63, 3.8) is 0 Å². The molecule has 3 heterocycles. The van der Waals surface area contributed by atoms with E-state index in [0.29, 0.717) is 38.8 Å². The van der Waals surface area contributed by atoms with Crippen molar-refractivity contribution in [2.75, 3.05) is 46.6 Å². The molecule has 0 aliphatic carbocycles. The van der Waals surface area contributed by atoms with Crippen LogP contribution in [0.15, 0.2) is 18.6 Å². The second-order valence-corrected chi connectivity index (χ2v) is 6.73. The summed E-state index contributed by atoms with van der Waals surface area (Å²) in [6.07, 6.45) is 8.25. The van der Waals surface area contributed by atoms with Gasteiger partial charge in [0.2, 0.25) is 11.8 Å². The Morgan fingerprint density at radius 2 is 2.19 bits per heavy atom. The summed E-state index contributed by atoms with van der Waals surface area (Å²) in [5.41, 5.74) is -0.210. The molecule has 0 bridgehead atoms. The van der Waals surface area contributed by atoms with E-state index in [0.717, 1.165) is 25.7 Å². The Labute approximate surface area is 153 Å². The van der Waals surface area contributed by atoms with E-state index in [9.17, 15) is 4.79 Å². The number of rotatable bonds is 7. The van der Waals surface area contributed by atoms with Crippen LogP contribution in [0.3, 0.4) is 0 Å². The van der Waals surface area contributed by atoms with Gasteiger partial charge in [0.15, 0.2) is 0 Å². The van der Waals surface area contributed by atoms with Gasteiger partial charge in [0.05, 0.1) is 31.6 Å². The zero-order chi connectivity index (χ0) is 18.2. The lowest BCUT2D eigenvalue weighted by molar-refractivity contribution is -0.154. The molecular formula is C18H27N3O5. The van der Waals surface area contributed by atoms with Crippen LogP contribution >= 0.6 is 0 Å². The topological polar surface area (TPSA) is 83.0 Å². The van der Waals surface area contributed by atoms with Crippen molar-refractivity contribution < 1.29 is 23.7 Å². The zero-order valence-corrected chi connectivity index (χ0v) is 15.3. The molecule has 2 aliphatic rings. The molecule has 26 heavy (non-hydrogen) atoms. The first-order valence-corrected chi connectivity index (χ1v) is 9.12. The van der Waals surface area contributed by atoms with Gasteiger partial charge in [-0.2, -0.15) is 0 Å². The van der Waals surface area contributed by atoms with Gasteiger partial charge in [0.25, 0.3) is 0 Å². The molecule has 1 amide bonds. The van der Waals surface area contributed by atoms with E-state index in [1.165, 1.54) is 0 Å². The average Bonchev–Trinajstić information content (AvgIpc) is 2.67. The quantitative estimate of drug-likeness (QED) is 0.668. The van der Waals surface area contributed by atoms with Gasteiger partial charge in [-0.25, -0.2) is 4.98 Å². The first-order valence-electron chi connectivity index (χ1n) is 9.12. The van der Waals surface area contributed by atoms with E-state index < -0.39 is 0 Å². The first-order chi connectivity index (χ1) is 12.7. The van der Waals surface area contributed by atoms with Gasteiger partial charge in [0, 0.05) is 45.4 Å². The molecule has 1 aromatic rings. The van der Waals surface area contributed by atoms with E-state index in [-0.39, 0.29) is 24.2 Å². The molecule has 1 unspecified atom stereocenters. The van der Waals surface area contributed by atoms with E-state index >= 15 is 0 Å². The van der Waals surface area contributed by atoms with Gasteiger partial charge in [-0.1, -0.05) is 0 Å². The number of carbonyl (C=O) groups excluding carboxylic acids is 1. The van der Waals surface area contributed by atoms with E-state index in [1.807, 2.05) is 4.90 Å². The molecule has 1 atom stereocenters. The highest BCUT2D eigenvalue weighted by Gasteiger charge is 2.42. The van der Waals surface area contributed by atoms with Crippen molar-refractivity contribution in [1.82, 2.24) is 14.9 Å². The number of carbonyl (C=O) groups is 1. The van der Waals surface area contributed by atoms with Gasteiger partial charge in [-0.3, -0.25) is 9.78 Å². The van der Waals surface area contributed by atoms with Crippen LogP contribution < -0.4 is 4.74 Å². The fraction of sp³-hybridized carbons (Fsp3) is 0.722. The summed E-state index contributed by atoms with van der Waals surface area (Å²) in [7, 11) is 1.61. The molecule has 1 aromatic heterocycles. The minimum absolute atomic E-state index is 0.0270. The fourth-order valence-corrected chi connectivity index (χ4v) is 3.51. The van der Waals surface area contributed by atoms with Crippen molar-refractivity contribution >= 4 is 5.91 Å². The molecule has 144 valence electrons. The van der Waals surface area contributed by atoms with E-state index in [1.54, 1.807) is 25.7 Å². The molecule has 2 saturated heterocycles. The smallest absolute Gasteiger partial charge is 0.248 e. The second kappa shape index (κ2) is 9.25. The molecule has 0 saturated carbocycles. The molecule has 1 spiro atoms. The summed E-state index contributed by atoms with van der Waals surface area (Å²) in [6, 6.07) is 0. The van der Waals surface area contributed by atoms with Crippen LogP contribution in [-0.2, 0) is 19.0 Å². The van der Waals surface area contributed by atoms with Crippen LogP contribution in [0.5, 0.6) is 5.88 Å². The summed E-state index contributed by atoms with van der Waals surface area (Å²) in [5, 5.41) is 0. The van der Waals surface area contributed by atoms with Crippen LogP contribution in [0.2, 0.25) is 0 Å². The van der Waals surface area contributed by atoms with Crippen molar-refractivity contribution in [3.8, 4) is 5.88 Å². The molecule has 0 N–H and O–H groups in total. The lowest BCUT2D eigenvalue weighted by Crippen LogP contribution is -2.53. The number of aromatic nitrogens is 2. The maximum absolute atomic E-state index is 12.2. The molecule has 2 aliphatic heterocycles. The summed E-state index contributed by atoms with van der Waals surface area (Å²) in [4.78, 5) is 22.3.